The quantitative estimate of drug-likeness (QED) is 0.606. The molecule has 0 unspecified atom stereocenters. The molecule has 0 saturated heterocycles. The molecule has 0 aliphatic heterocycles. The van der Waals surface area contributed by atoms with Crippen LogP contribution in [0.2, 0.25) is 5.02 Å². The molecule has 1 amide bonds. The number of hydrogen-bond donors (Lipinski definition) is 1. The first kappa shape index (κ1) is 20.9. The van der Waals surface area contributed by atoms with Gasteiger partial charge >= 0.3 is 0 Å². The fourth-order valence-corrected chi connectivity index (χ4v) is 4.66. The molecule has 0 aromatic heterocycles. The predicted octanol–water partition coefficient (Wildman–Crippen LogP) is 4.41. The van der Waals surface area contributed by atoms with Gasteiger partial charge in [-0.1, -0.05) is 72.3 Å². The predicted molar refractivity (Wildman–Crippen MR) is 115 cm³/mol. The lowest BCUT2D eigenvalue weighted by molar-refractivity contribution is -0.120. The molecular formula is C22H21ClN2O3S. The number of para-hydroxylation sites is 1. The van der Waals surface area contributed by atoms with Gasteiger partial charge in [0.05, 0.1) is 21.6 Å². The van der Waals surface area contributed by atoms with Crippen molar-refractivity contribution in [2.24, 2.45) is 0 Å². The fourth-order valence-electron chi connectivity index (χ4n) is 2.92. The fraction of sp³-hybridized carbons (Fsp3) is 0.136. The van der Waals surface area contributed by atoms with Crippen LogP contribution in [0.25, 0.3) is 0 Å². The van der Waals surface area contributed by atoms with Crippen molar-refractivity contribution in [3.8, 4) is 0 Å². The number of benzene rings is 3. The van der Waals surface area contributed by atoms with Crippen molar-refractivity contribution in [3.05, 3.63) is 95.5 Å². The summed E-state index contributed by atoms with van der Waals surface area (Å²) in [5.74, 6) is -0.430. The van der Waals surface area contributed by atoms with E-state index in [0.717, 1.165) is 9.87 Å². The molecule has 0 heterocycles. The van der Waals surface area contributed by atoms with Crippen molar-refractivity contribution in [1.82, 2.24) is 5.32 Å². The van der Waals surface area contributed by atoms with E-state index in [-0.39, 0.29) is 21.6 Å². The van der Waals surface area contributed by atoms with Gasteiger partial charge in [0.15, 0.2) is 0 Å². The molecule has 150 valence electrons. The average molecular weight is 429 g/mol. The Morgan fingerprint density at radius 2 is 1.48 bits per heavy atom. The Bertz CT molecular complexity index is 1070. The zero-order valence-electron chi connectivity index (χ0n) is 15.8. The first-order chi connectivity index (χ1) is 13.9. The van der Waals surface area contributed by atoms with Crippen molar-refractivity contribution >= 4 is 33.2 Å². The summed E-state index contributed by atoms with van der Waals surface area (Å²) in [4.78, 5) is 12.8. The smallest absolute Gasteiger partial charge is 0.264 e. The van der Waals surface area contributed by atoms with Crippen molar-refractivity contribution in [1.29, 1.82) is 0 Å². The van der Waals surface area contributed by atoms with E-state index < -0.39 is 22.5 Å². The van der Waals surface area contributed by atoms with Crippen LogP contribution in [0.3, 0.4) is 0 Å². The second kappa shape index (κ2) is 9.11. The number of carbonyl (C=O) groups excluding carboxylic acids is 1. The number of rotatable bonds is 7. The van der Waals surface area contributed by atoms with Gasteiger partial charge in [-0.05, 0) is 36.8 Å². The summed E-state index contributed by atoms with van der Waals surface area (Å²) in [5.41, 5.74) is 1.18. The topological polar surface area (TPSA) is 66.5 Å². The lowest BCUT2D eigenvalue weighted by Crippen LogP contribution is -2.41. The number of nitrogens with zero attached hydrogens (tertiary/aromatic N) is 1. The third-order valence-corrected chi connectivity index (χ3v) is 6.51. The van der Waals surface area contributed by atoms with E-state index in [0.29, 0.717) is 0 Å². The lowest BCUT2D eigenvalue weighted by atomic mass is 10.1. The molecule has 0 bridgehead atoms. The summed E-state index contributed by atoms with van der Waals surface area (Å²) >= 11 is 6.26. The Hall–Kier alpha value is -2.83. The molecule has 5 nitrogen and oxygen atoms in total. The normalized spacial score (nSPS) is 12.2. The highest BCUT2D eigenvalue weighted by molar-refractivity contribution is 7.92. The first-order valence-corrected chi connectivity index (χ1v) is 10.9. The number of anilines is 1. The number of sulfonamides is 1. The highest BCUT2D eigenvalue weighted by Gasteiger charge is 2.28. The number of hydrogen-bond acceptors (Lipinski definition) is 3. The van der Waals surface area contributed by atoms with E-state index in [1.807, 2.05) is 37.3 Å². The molecular weight excluding hydrogens is 408 g/mol. The van der Waals surface area contributed by atoms with Gasteiger partial charge in [0.25, 0.3) is 10.0 Å². The van der Waals surface area contributed by atoms with Crippen molar-refractivity contribution in [3.63, 3.8) is 0 Å². The molecule has 3 rings (SSSR count). The molecule has 29 heavy (non-hydrogen) atoms. The average Bonchev–Trinajstić information content (AvgIpc) is 2.74. The SMILES string of the molecule is C[C@H](NC(=O)CN(c1ccccc1Cl)S(=O)(=O)c1ccccc1)c1ccccc1. The second-order valence-electron chi connectivity index (χ2n) is 6.48. The van der Waals surface area contributed by atoms with Gasteiger partial charge in [-0.2, -0.15) is 0 Å². The van der Waals surface area contributed by atoms with E-state index in [2.05, 4.69) is 5.32 Å². The van der Waals surface area contributed by atoms with Gasteiger partial charge in [0.1, 0.15) is 6.54 Å². The lowest BCUT2D eigenvalue weighted by Gasteiger charge is -2.26. The summed E-state index contributed by atoms with van der Waals surface area (Å²) in [5, 5.41) is 3.10. The van der Waals surface area contributed by atoms with Gasteiger partial charge in [0, 0.05) is 0 Å². The summed E-state index contributed by atoms with van der Waals surface area (Å²) in [6, 6.07) is 23.7. The van der Waals surface area contributed by atoms with Gasteiger partial charge in [-0.15, -0.1) is 0 Å². The minimum Gasteiger partial charge on any atom is -0.348 e. The third kappa shape index (κ3) is 4.96. The molecule has 0 aliphatic rings. The van der Waals surface area contributed by atoms with E-state index in [9.17, 15) is 13.2 Å². The molecule has 0 spiro atoms. The summed E-state index contributed by atoms with van der Waals surface area (Å²) in [6.45, 7) is 1.46. The third-order valence-electron chi connectivity index (χ3n) is 4.42. The Labute approximate surface area is 176 Å². The van der Waals surface area contributed by atoms with Gasteiger partial charge in [0.2, 0.25) is 5.91 Å². The van der Waals surface area contributed by atoms with Crippen LogP contribution >= 0.6 is 11.6 Å². The minimum absolute atomic E-state index is 0.0869. The van der Waals surface area contributed by atoms with Crippen LogP contribution < -0.4 is 9.62 Å². The molecule has 0 fully saturated rings. The van der Waals surface area contributed by atoms with Crippen molar-refractivity contribution < 1.29 is 13.2 Å². The maximum Gasteiger partial charge on any atom is 0.264 e. The monoisotopic (exact) mass is 428 g/mol. The largest absolute Gasteiger partial charge is 0.348 e. The maximum atomic E-state index is 13.3. The molecule has 1 atom stereocenters. The molecule has 3 aromatic carbocycles. The Kier molecular flexibility index (Phi) is 6.56. The second-order valence-corrected chi connectivity index (χ2v) is 8.75. The van der Waals surface area contributed by atoms with Crippen LogP contribution in [0.15, 0.2) is 89.8 Å². The zero-order chi connectivity index (χ0) is 20.9. The van der Waals surface area contributed by atoms with Crippen LogP contribution in [-0.4, -0.2) is 20.9 Å². The Morgan fingerprint density at radius 3 is 2.10 bits per heavy atom. The van der Waals surface area contributed by atoms with Crippen LogP contribution in [0.4, 0.5) is 5.69 Å². The van der Waals surface area contributed by atoms with Crippen LogP contribution in [-0.2, 0) is 14.8 Å². The summed E-state index contributed by atoms with van der Waals surface area (Å²) < 4.78 is 27.6. The zero-order valence-corrected chi connectivity index (χ0v) is 17.4. The summed E-state index contributed by atoms with van der Waals surface area (Å²) in [7, 11) is -3.98. The van der Waals surface area contributed by atoms with Crippen LogP contribution in [0, 0.1) is 0 Å². The molecule has 1 N–H and O–H groups in total. The standard InChI is InChI=1S/C22H21ClN2O3S/c1-17(18-10-4-2-5-11-18)24-22(26)16-25(21-15-9-8-14-20(21)23)29(27,28)19-12-6-3-7-13-19/h2-15,17H,16H2,1H3,(H,24,26)/t17-/m0/s1. The Balaban J connectivity index is 1.90. The van der Waals surface area contributed by atoms with Crippen molar-refractivity contribution in [2.45, 2.75) is 17.9 Å². The highest BCUT2D eigenvalue weighted by Crippen LogP contribution is 2.30. The molecule has 7 heteroatoms. The number of halogens is 1. The maximum absolute atomic E-state index is 13.3. The van der Waals surface area contributed by atoms with Gasteiger partial charge in [-0.25, -0.2) is 8.42 Å². The molecule has 0 aliphatic carbocycles. The number of amides is 1. The van der Waals surface area contributed by atoms with Gasteiger partial charge in [-0.3, -0.25) is 9.10 Å². The molecule has 0 saturated carbocycles. The van der Waals surface area contributed by atoms with Crippen LogP contribution in [0.5, 0.6) is 0 Å². The minimum atomic E-state index is -3.98. The Morgan fingerprint density at radius 1 is 0.931 bits per heavy atom. The van der Waals surface area contributed by atoms with E-state index in [1.165, 1.54) is 12.1 Å². The first-order valence-electron chi connectivity index (χ1n) is 9.06. The summed E-state index contributed by atoms with van der Waals surface area (Å²) in [6.07, 6.45) is 0. The van der Waals surface area contributed by atoms with E-state index >= 15 is 0 Å². The van der Waals surface area contributed by atoms with E-state index in [4.69, 9.17) is 11.6 Å². The number of carbonyl (C=O) groups is 1. The van der Waals surface area contributed by atoms with Crippen molar-refractivity contribution in [2.75, 3.05) is 10.8 Å². The molecule has 0 radical (unpaired) electrons. The van der Waals surface area contributed by atoms with Crippen LogP contribution in [0.1, 0.15) is 18.5 Å². The number of nitrogens with one attached hydrogen (secondary N) is 1. The highest BCUT2D eigenvalue weighted by atomic mass is 35.5. The van der Waals surface area contributed by atoms with E-state index in [1.54, 1.807) is 42.5 Å². The van der Waals surface area contributed by atoms with Gasteiger partial charge < -0.3 is 5.32 Å². The molecule has 3 aromatic rings.